The smallest absolute Gasteiger partial charge is 0.410 e. The molecule has 0 radical (unpaired) electrons. The van der Waals surface area contributed by atoms with Crippen LogP contribution in [-0.4, -0.2) is 58.0 Å². The molecule has 210 valence electrons. The van der Waals surface area contributed by atoms with Crippen LogP contribution in [-0.2, 0) is 4.74 Å². The van der Waals surface area contributed by atoms with Crippen LogP contribution in [0.2, 0.25) is 10.0 Å². The molecule has 1 N–H and O–H groups in total. The lowest BCUT2D eigenvalue weighted by Crippen LogP contribution is -2.33. The van der Waals surface area contributed by atoms with Gasteiger partial charge in [0.05, 0.1) is 34.8 Å². The van der Waals surface area contributed by atoms with Gasteiger partial charge in [-0.15, -0.1) is 11.8 Å². The number of halogens is 3. The molecule has 2 fully saturated rings. The minimum atomic E-state index is -0.545. The highest BCUT2D eigenvalue weighted by molar-refractivity contribution is 7.98. The number of hydrogen-bond donors (Lipinski definition) is 1. The number of carbonyl (C=O) groups excluding carboxylic acids is 1. The Bertz CT molecular complexity index is 1640. The van der Waals surface area contributed by atoms with Crippen molar-refractivity contribution in [3.63, 3.8) is 0 Å². The molecule has 40 heavy (non-hydrogen) atoms. The number of likely N-dealkylation sites (tertiary alicyclic amines) is 1. The van der Waals surface area contributed by atoms with E-state index in [9.17, 15) is 4.79 Å². The van der Waals surface area contributed by atoms with Crippen LogP contribution < -0.4 is 5.32 Å². The first-order valence-electron chi connectivity index (χ1n) is 13.4. The van der Waals surface area contributed by atoms with Gasteiger partial charge in [0.25, 0.3) is 0 Å². The third-order valence-electron chi connectivity index (χ3n) is 8.32. The summed E-state index contributed by atoms with van der Waals surface area (Å²) in [5.41, 5.74) is 2.64. The number of methoxy groups -OCH3 is 1. The van der Waals surface area contributed by atoms with E-state index < -0.39 is 5.82 Å². The van der Waals surface area contributed by atoms with Gasteiger partial charge in [0.15, 0.2) is 5.82 Å². The maximum absolute atomic E-state index is 16.4. The van der Waals surface area contributed by atoms with Gasteiger partial charge >= 0.3 is 6.09 Å². The number of pyridine rings is 2. The second-order valence-electron chi connectivity index (χ2n) is 10.6. The van der Waals surface area contributed by atoms with E-state index in [0.29, 0.717) is 33.5 Å². The zero-order chi connectivity index (χ0) is 28.3. The summed E-state index contributed by atoms with van der Waals surface area (Å²) in [5, 5.41) is 6.43. The fraction of sp³-hybridized carbons (Fsp3) is 0.414. The predicted molar refractivity (Wildman–Crippen MR) is 159 cm³/mol. The number of ether oxygens (including phenoxy) is 1. The summed E-state index contributed by atoms with van der Waals surface area (Å²) in [6.07, 6.45) is 4.99. The number of nitrogens with zero attached hydrogens (tertiary/aromatic N) is 4. The molecule has 0 unspecified atom stereocenters. The largest absolute Gasteiger partial charge is 0.453 e. The van der Waals surface area contributed by atoms with E-state index in [0.717, 1.165) is 36.0 Å². The SMILES string of the molecule is COC(=O)N1CCC[C@@H]1c1cc2c(SC)nc3c(F)c(-c4cccc(Cl)c4Cl)ncc3c2n1[C@H]1[C@H](C)CN[C@@H]1C. The number of rotatable bonds is 4. The molecule has 3 aromatic heterocycles. The fourth-order valence-electron chi connectivity index (χ4n) is 6.51. The molecular formula is C29H30Cl2FN5O2S. The van der Waals surface area contributed by atoms with Gasteiger partial charge < -0.3 is 14.6 Å². The van der Waals surface area contributed by atoms with Crippen LogP contribution in [0.4, 0.5) is 9.18 Å². The molecule has 2 aliphatic heterocycles. The van der Waals surface area contributed by atoms with Gasteiger partial charge in [0.2, 0.25) is 0 Å². The molecular weight excluding hydrogens is 572 g/mol. The summed E-state index contributed by atoms with van der Waals surface area (Å²) in [6, 6.07) is 7.31. The standard InChI is InChI=1S/C29H30Cl2FN5O2S/c1-14-12-33-15(2)26(14)37-21(20-9-6-10-36(20)29(38)39-3)11-17-27(37)18-13-34-24(16-7-5-8-19(30)22(16)31)23(32)25(18)35-28(17)40-4/h5,7-8,11,13-15,20,26,33H,6,9-10,12H2,1-4H3/t14-,15-,20-,26+/m1/s1. The predicted octanol–water partition coefficient (Wildman–Crippen LogP) is 7.49. The summed E-state index contributed by atoms with van der Waals surface area (Å²) < 4.78 is 23.8. The van der Waals surface area contributed by atoms with E-state index in [1.54, 1.807) is 29.3 Å². The van der Waals surface area contributed by atoms with E-state index >= 15 is 4.39 Å². The second-order valence-corrected chi connectivity index (χ2v) is 12.2. The molecule has 0 aliphatic carbocycles. The number of benzene rings is 1. The fourth-order valence-corrected chi connectivity index (χ4v) is 7.45. The lowest BCUT2D eigenvalue weighted by Gasteiger charge is -2.30. The summed E-state index contributed by atoms with van der Waals surface area (Å²) in [4.78, 5) is 24.0. The zero-order valence-electron chi connectivity index (χ0n) is 22.7. The van der Waals surface area contributed by atoms with Gasteiger partial charge in [-0.2, -0.15) is 0 Å². The molecule has 1 amide bonds. The second kappa shape index (κ2) is 10.7. The average Bonchev–Trinajstić information content (AvgIpc) is 3.67. The Morgan fingerprint density at radius 1 is 1.25 bits per heavy atom. The maximum atomic E-state index is 16.4. The van der Waals surface area contributed by atoms with Crippen molar-refractivity contribution >= 4 is 62.9 Å². The molecule has 11 heteroatoms. The quantitative estimate of drug-likeness (QED) is 0.244. The number of carbonyl (C=O) groups is 1. The zero-order valence-corrected chi connectivity index (χ0v) is 25.0. The van der Waals surface area contributed by atoms with Gasteiger partial charge in [-0.05, 0) is 44.1 Å². The Labute approximate surface area is 246 Å². The van der Waals surface area contributed by atoms with Crippen LogP contribution in [0.5, 0.6) is 0 Å². The molecule has 2 saturated heterocycles. The Hall–Kier alpha value is -2.59. The van der Waals surface area contributed by atoms with E-state index in [1.165, 1.54) is 18.9 Å². The lowest BCUT2D eigenvalue weighted by atomic mass is 9.99. The molecule has 4 aromatic rings. The molecule has 6 rings (SSSR count). The molecule has 7 nitrogen and oxygen atoms in total. The lowest BCUT2D eigenvalue weighted by molar-refractivity contribution is 0.117. The average molecular weight is 603 g/mol. The minimum Gasteiger partial charge on any atom is -0.453 e. The van der Waals surface area contributed by atoms with Crippen LogP contribution in [0.15, 0.2) is 35.5 Å². The Kier molecular flexibility index (Phi) is 7.36. The first kappa shape index (κ1) is 27.6. The van der Waals surface area contributed by atoms with Gasteiger partial charge in [-0.3, -0.25) is 9.88 Å². The van der Waals surface area contributed by atoms with E-state index in [2.05, 4.69) is 34.8 Å². The van der Waals surface area contributed by atoms with Crippen molar-refractivity contribution in [1.82, 2.24) is 24.8 Å². The monoisotopic (exact) mass is 601 g/mol. The minimum absolute atomic E-state index is 0.0815. The maximum Gasteiger partial charge on any atom is 0.410 e. The molecule has 0 saturated carbocycles. The van der Waals surface area contributed by atoms with Crippen molar-refractivity contribution in [2.75, 3.05) is 26.5 Å². The third kappa shape index (κ3) is 4.24. The normalized spacial score (nSPS) is 23.0. The van der Waals surface area contributed by atoms with Gasteiger partial charge in [0, 0.05) is 47.4 Å². The molecule has 2 aliphatic rings. The van der Waals surface area contributed by atoms with Crippen molar-refractivity contribution in [2.24, 2.45) is 5.92 Å². The Morgan fingerprint density at radius 2 is 2.05 bits per heavy atom. The van der Waals surface area contributed by atoms with Gasteiger partial charge in [-0.25, -0.2) is 14.2 Å². The van der Waals surface area contributed by atoms with E-state index in [4.69, 9.17) is 32.9 Å². The first-order valence-corrected chi connectivity index (χ1v) is 15.3. The van der Waals surface area contributed by atoms with Crippen molar-refractivity contribution in [3.05, 3.63) is 52.0 Å². The van der Waals surface area contributed by atoms with Gasteiger partial charge in [0.1, 0.15) is 16.2 Å². The summed E-state index contributed by atoms with van der Waals surface area (Å²) >= 11 is 14.2. The van der Waals surface area contributed by atoms with Crippen LogP contribution in [0.25, 0.3) is 33.1 Å². The number of amides is 1. The Balaban J connectivity index is 1.68. The van der Waals surface area contributed by atoms with Crippen molar-refractivity contribution in [3.8, 4) is 11.3 Å². The van der Waals surface area contributed by atoms with Crippen LogP contribution in [0, 0.1) is 11.7 Å². The summed E-state index contributed by atoms with van der Waals surface area (Å²) in [5.74, 6) is -0.239. The van der Waals surface area contributed by atoms with Crippen LogP contribution >= 0.6 is 35.0 Å². The van der Waals surface area contributed by atoms with E-state index in [-0.39, 0.29) is 40.5 Å². The first-order chi connectivity index (χ1) is 19.3. The summed E-state index contributed by atoms with van der Waals surface area (Å²) in [6.45, 7) is 5.88. The highest BCUT2D eigenvalue weighted by Gasteiger charge is 2.39. The highest BCUT2D eigenvalue weighted by atomic mass is 35.5. The number of aromatic nitrogens is 3. The molecule has 1 aromatic carbocycles. The highest BCUT2D eigenvalue weighted by Crippen LogP contribution is 2.45. The molecule has 4 atom stereocenters. The third-order valence-corrected chi connectivity index (χ3v) is 9.83. The number of hydrogen-bond acceptors (Lipinski definition) is 6. The van der Waals surface area contributed by atoms with Crippen molar-refractivity contribution in [1.29, 1.82) is 0 Å². The van der Waals surface area contributed by atoms with E-state index in [1.807, 2.05) is 6.26 Å². The molecule has 5 heterocycles. The van der Waals surface area contributed by atoms with Gasteiger partial charge in [-0.1, -0.05) is 42.3 Å². The van der Waals surface area contributed by atoms with Crippen molar-refractivity contribution < 1.29 is 13.9 Å². The number of nitrogens with one attached hydrogen (secondary N) is 1. The summed E-state index contributed by atoms with van der Waals surface area (Å²) in [7, 11) is 1.42. The van der Waals surface area contributed by atoms with Crippen molar-refractivity contribution in [2.45, 2.75) is 49.8 Å². The molecule has 0 bridgehead atoms. The number of thioether (sulfide) groups is 1. The topological polar surface area (TPSA) is 72.3 Å². The Morgan fingerprint density at radius 3 is 2.75 bits per heavy atom. The van der Waals surface area contributed by atoms with Crippen LogP contribution in [0.1, 0.15) is 44.5 Å². The van der Waals surface area contributed by atoms with Crippen LogP contribution in [0.3, 0.4) is 0 Å². The number of fused-ring (bicyclic) bond motifs is 3. The molecule has 0 spiro atoms.